The van der Waals surface area contributed by atoms with Crippen LogP contribution in [0.3, 0.4) is 0 Å². The van der Waals surface area contributed by atoms with Gasteiger partial charge in [0.25, 0.3) is 0 Å². The van der Waals surface area contributed by atoms with E-state index in [0.717, 1.165) is 42.0 Å². The molecule has 0 atom stereocenters. The van der Waals surface area contributed by atoms with Gasteiger partial charge in [-0.05, 0) is 35.4 Å². The van der Waals surface area contributed by atoms with Crippen LogP contribution in [0.2, 0.25) is 39.3 Å². The summed E-state index contributed by atoms with van der Waals surface area (Å²) in [5.41, 5.74) is 4.34. The molecule has 2 aromatic heterocycles. The second-order valence-electron chi connectivity index (χ2n) is 11.9. The first-order valence-electron chi connectivity index (χ1n) is 13.2. The van der Waals surface area contributed by atoms with Crippen LogP contribution < -0.4 is 10.4 Å². The molecule has 0 fully saturated rings. The van der Waals surface area contributed by atoms with E-state index in [9.17, 15) is 0 Å². The van der Waals surface area contributed by atoms with E-state index in [-0.39, 0.29) is 19.5 Å². The van der Waals surface area contributed by atoms with Crippen molar-refractivity contribution in [2.75, 3.05) is 0 Å². The largest absolute Gasteiger partial charge is 2.00 e. The van der Waals surface area contributed by atoms with Gasteiger partial charge in [0.1, 0.15) is 10.0 Å². The van der Waals surface area contributed by atoms with Gasteiger partial charge in [0.2, 0.25) is 0 Å². The van der Waals surface area contributed by atoms with Crippen LogP contribution in [0.4, 0.5) is 0 Å². The third kappa shape index (κ3) is 7.39. The fraction of sp³-hybridized carbons (Fsp3) is 0.188. The summed E-state index contributed by atoms with van der Waals surface area (Å²) in [7, 11) is -2.66. The monoisotopic (exact) mass is 692 g/mol. The van der Waals surface area contributed by atoms with Crippen LogP contribution in [0.15, 0.2) is 94.7 Å². The standard InChI is InChI=1S/2C16H17NS2Si.Zn/c2*1-20(2,3)11-8-9-14(18)12(10-11)16-17-13-6-4-5-7-15(13)19-16;/h2*4-10,18H,1-3H3;/q;;+2/p-2. The number of thiazole rings is 2. The molecule has 0 aliphatic heterocycles. The third-order valence-electron chi connectivity index (χ3n) is 6.74. The Kier molecular flexibility index (Phi) is 10.0. The number of nitrogens with zero attached hydrogens (tertiary/aromatic N) is 2. The molecule has 0 aliphatic carbocycles. The third-order valence-corrected chi connectivity index (χ3v) is 13.7. The summed E-state index contributed by atoms with van der Waals surface area (Å²) in [6.45, 7) is 14.1. The molecule has 41 heavy (non-hydrogen) atoms. The number of hydrogen-bond donors (Lipinski definition) is 0. The molecule has 204 valence electrons. The maximum absolute atomic E-state index is 5.50. The van der Waals surface area contributed by atoms with Crippen LogP contribution in [0.1, 0.15) is 0 Å². The smallest absolute Gasteiger partial charge is 0.779 e. The summed E-state index contributed by atoms with van der Waals surface area (Å²) in [5, 5.41) is 4.94. The molecule has 0 N–H and O–H groups in total. The topological polar surface area (TPSA) is 25.8 Å². The fourth-order valence-electron chi connectivity index (χ4n) is 4.30. The Morgan fingerprint density at radius 3 is 1.24 bits per heavy atom. The molecule has 0 unspecified atom stereocenters. The van der Waals surface area contributed by atoms with Crippen molar-refractivity contribution < 1.29 is 19.5 Å². The van der Waals surface area contributed by atoms with Crippen molar-refractivity contribution >= 4 is 94.9 Å². The Morgan fingerprint density at radius 2 is 0.902 bits per heavy atom. The Hall–Kier alpha value is -1.84. The van der Waals surface area contributed by atoms with E-state index >= 15 is 0 Å². The Morgan fingerprint density at radius 1 is 0.537 bits per heavy atom. The van der Waals surface area contributed by atoms with Crippen LogP contribution in [-0.4, -0.2) is 26.1 Å². The van der Waals surface area contributed by atoms with E-state index in [1.807, 2.05) is 12.1 Å². The second-order valence-corrected chi connectivity index (χ2v) is 25.0. The van der Waals surface area contributed by atoms with Crippen molar-refractivity contribution in [1.29, 1.82) is 0 Å². The summed E-state index contributed by atoms with van der Waals surface area (Å²) in [6.07, 6.45) is 0. The molecule has 0 saturated heterocycles. The molecule has 2 nitrogen and oxygen atoms in total. The predicted octanol–water partition coefficient (Wildman–Crippen LogP) is 8.83. The van der Waals surface area contributed by atoms with Gasteiger partial charge in [-0.1, -0.05) is 110 Å². The molecule has 0 radical (unpaired) electrons. The summed E-state index contributed by atoms with van der Waals surface area (Å²) in [5.74, 6) is 0. The fourth-order valence-corrected chi connectivity index (χ4v) is 9.19. The zero-order valence-electron chi connectivity index (χ0n) is 24.3. The summed E-state index contributed by atoms with van der Waals surface area (Å²) in [6, 6.07) is 29.5. The molecule has 6 aromatic rings. The van der Waals surface area contributed by atoms with E-state index in [2.05, 4.69) is 112 Å². The van der Waals surface area contributed by atoms with Crippen molar-refractivity contribution in [3.05, 3.63) is 84.9 Å². The van der Waals surface area contributed by atoms with E-state index in [4.69, 9.17) is 35.2 Å². The molecule has 0 saturated carbocycles. The minimum atomic E-state index is -1.33. The Labute approximate surface area is 277 Å². The number of aromatic nitrogens is 2. The van der Waals surface area contributed by atoms with E-state index in [1.165, 1.54) is 19.8 Å². The quantitative estimate of drug-likeness (QED) is 0.136. The zero-order chi connectivity index (χ0) is 28.7. The Balaban J connectivity index is 0.000000184. The van der Waals surface area contributed by atoms with Gasteiger partial charge in [-0.2, -0.15) is 9.79 Å². The average molecular weight is 694 g/mol. The van der Waals surface area contributed by atoms with Crippen LogP contribution in [0.5, 0.6) is 0 Å². The van der Waals surface area contributed by atoms with Crippen molar-refractivity contribution in [3.8, 4) is 21.1 Å². The number of para-hydroxylation sites is 2. The van der Waals surface area contributed by atoms with Crippen molar-refractivity contribution in [3.63, 3.8) is 0 Å². The van der Waals surface area contributed by atoms with E-state index < -0.39 is 16.1 Å². The molecule has 2 heterocycles. The van der Waals surface area contributed by atoms with Crippen LogP contribution in [0.25, 0.3) is 41.6 Å². The Bertz CT molecular complexity index is 1620. The van der Waals surface area contributed by atoms with Crippen LogP contribution >= 0.6 is 22.7 Å². The van der Waals surface area contributed by atoms with Gasteiger partial charge >= 0.3 is 19.5 Å². The SMILES string of the molecule is C[Si](C)(C)c1ccc([S-])c(-c2nc3ccccc3s2)c1.C[Si](C)(C)c1ccc([S-])c(-c2nc3ccccc3s2)c1.[Zn+2]. The molecule has 0 amide bonds. The number of rotatable bonds is 4. The molecule has 4 aromatic carbocycles. The van der Waals surface area contributed by atoms with Gasteiger partial charge in [0, 0.05) is 0 Å². The molecule has 9 heteroatoms. The minimum Gasteiger partial charge on any atom is -0.779 e. The van der Waals surface area contributed by atoms with Gasteiger partial charge in [-0.25, -0.2) is 9.97 Å². The maximum atomic E-state index is 5.50. The van der Waals surface area contributed by atoms with Gasteiger partial charge in [0.05, 0.1) is 36.6 Å². The van der Waals surface area contributed by atoms with E-state index in [0.29, 0.717) is 0 Å². The first kappa shape index (κ1) is 32.1. The van der Waals surface area contributed by atoms with Crippen molar-refractivity contribution in [1.82, 2.24) is 9.97 Å². The van der Waals surface area contributed by atoms with Crippen LogP contribution in [-0.2, 0) is 44.7 Å². The van der Waals surface area contributed by atoms with Gasteiger partial charge in [-0.3, -0.25) is 0 Å². The second kappa shape index (κ2) is 12.8. The molecular weight excluding hydrogens is 662 g/mol. The van der Waals surface area contributed by atoms with Gasteiger partial charge < -0.3 is 25.3 Å². The van der Waals surface area contributed by atoms with Gasteiger partial charge in [-0.15, -0.1) is 22.7 Å². The molecule has 0 aliphatic rings. The normalized spacial score (nSPS) is 11.7. The van der Waals surface area contributed by atoms with Gasteiger partial charge in [0.15, 0.2) is 0 Å². The number of benzene rings is 4. The summed E-state index contributed by atoms with van der Waals surface area (Å²) in [4.78, 5) is 11.3. The number of hydrogen-bond acceptors (Lipinski definition) is 6. The molecule has 0 spiro atoms. The van der Waals surface area contributed by atoms with E-state index in [1.54, 1.807) is 22.7 Å². The molecular formula is C32H32N2S4Si2Zn. The minimum absolute atomic E-state index is 0. The van der Waals surface area contributed by atoms with Crippen LogP contribution in [0, 0.1) is 0 Å². The molecule has 0 bridgehead atoms. The zero-order valence-corrected chi connectivity index (χ0v) is 32.6. The maximum Gasteiger partial charge on any atom is 2.00 e. The number of fused-ring (bicyclic) bond motifs is 2. The van der Waals surface area contributed by atoms with Crippen molar-refractivity contribution in [2.45, 2.75) is 49.1 Å². The predicted molar refractivity (Wildman–Crippen MR) is 187 cm³/mol. The summed E-state index contributed by atoms with van der Waals surface area (Å²) < 4.78 is 2.44. The average Bonchev–Trinajstić information content (AvgIpc) is 3.52. The first-order valence-corrected chi connectivity index (χ1v) is 22.7. The summed E-state index contributed by atoms with van der Waals surface area (Å²) >= 11 is 14.4. The first-order chi connectivity index (χ1) is 18.9. The van der Waals surface area contributed by atoms with Crippen molar-refractivity contribution in [2.24, 2.45) is 0 Å². The molecule has 6 rings (SSSR count).